The van der Waals surface area contributed by atoms with E-state index in [-0.39, 0.29) is 79.6 Å². The normalized spacial score (nSPS) is 15.6. The van der Waals surface area contributed by atoms with E-state index in [1.165, 1.54) is 17.2 Å². The highest BCUT2D eigenvalue weighted by Crippen LogP contribution is 2.37. The van der Waals surface area contributed by atoms with Crippen LogP contribution in [0.4, 0.5) is 15.8 Å². The van der Waals surface area contributed by atoms with Crippen LogP contribution in [0.15, 0.2) is 224 Å². The summed E-state index contributed by atoms with van der Waals surface area (Å²) in [7, 11) is 0. The van der Waals surface area contributed by atoms with Gasteiger partial charge in [-0.25, -0.2) is 18.4 Å². The number of hydrogen-bond donors (Lipinski definition) is 3. The smallest absolute Gasteiger partial charge is 0.274 e. The van der Waals surface area contributed by atoms with Gasteiger partial charge >= 0.3 is 0 Å². The maximum Gasteiger partial charge on any atom is 0.274 e. The first-order valence-electron chi connectivity index (χ1n) is 52.8. The van der Waals surface area contributed by atoms with Crippen molar-refractivity contribution in [2.75, 3.05) is 115 Å². The van der Waals surface area contributed by atoms with Crippen molar-refractivity contribution in [1.82, 2.24) is 68.5 Å². The van der Waals surface area contributed by atoms with E-state index in [9.17, 15) is 53.3 Å². The fourth-order valence-corrected chi connectivity index (χ4v) is 20.5. The molecule has 0 spiro atoms. The van der Waals surface area contributed by atoms with Crippen LogP contribution in [0, 0.1) is 33.5 Å². The zero-order chi connectivity index (χ0) is 103. The Morgan fingerprint density at radius 3 is 1.10 bits per heavy atom. The average molecular weight is 1980 g/mol. The number of fused-ring (bicyclic) bond motifs is 3. The molecule has 0 saturated carbocycles. The van der Waals surface area contributed by atoms with E-state index in [1.807, 2.05) is 153 Å². The molecule has 12 aromatic rings. The molecule has 5 aliphatic rings. The number of rotatable bonds is 37. The molecule has 17 rings (SSSR count). The van der Waals surface area contributed by atoms with Crippen molar-refractivity contribution in [2.24, 2.45) is 0 Å². The van der Waals surface area contributed by atoms with Gasteiger partial charge < -0.3 is 59.4 Å². The van der Waals surface area contributed by atoms with Crippen LogP contribution >= 0.6 is 0 Å². The van der Waals surface area contributed by atoms with E-state index in [2.05, 4.69) is 125 Å². The molecule has 7 amide bonds. The van der Waals surface area contributed by atoms with Crippen molar-refractivity contribution < 1.29 is 53.3 Å². The topological polar surface area (TPSA) is 266 Å². The first-order chi connectivity index (χ1) is 70.9. The van der Waals surface area contributed by atoms with E-state index in [4.69, 9.17) is 15.3 Å². The highest BCUT2D eigenvalue weighted by Gasteiger charge is 2.39. The van der Waals surface area contributed by atoms with Gasteiger partial charge in [-0.05, 0) is 208 Å². The summed E-state index contributed by atoms with van der Waals surface area (Å²) in [6, 6.07) is 70.6. The molecule has 9 aromatic carbocycles. The Bertz CT molecular complexity index is 6480. The molecule has 0 radical (unpaired) electrons. The van der Waals surface area contributed by atoms with Gasteiger partial charge in [-0.3, -0.25) is 38.5 Å². The van der Waals surface area contributed by atoms with Gasteiger partial charge in [-0.1, -0.05) is 237 Å². The number of amides is 7. The average Bonchev–Trinajstić information content (AvgIpc) is 1.32. The number of carbonyl (C=O) groups is 7. The SMILES string of the molecule is CCCCN(CCCC)C(=O)c1cc(C)n(-c2ccc(-c3ccccc3F)cc2C(=O)N2Cc3ccccc3C[C@H]2CO)n1.CCCCN(CCCC)C(=O)c1cc(C)n(-c2ccc(N3CCN(Cc4cccc(C)c4)C(=O)C3)cc2C(=O)N2Cc3ccccc3C[C@H]2CO)n1.CCCCN(CCCC)C(=O)c1cc(C)n(-c2ccc(N3CCN(Cc4ccccc4)CC3)cc2C(=O)N2Cc3ccccc3C[C@H]2CO)n1. The molecule has 0 bridgehead atoms. The molecule has 2 saturated heterocycles. The number of benzene rings is 9. The molecule has 27 heteroatoms. The van der Waals surface area contributed by atoms with Crippen molar-refractivity contribution in [3.8, 4) is 28.2 Å². The number of aliphatic hydroxyl groups is 3. The molecule has 3 aromatic heterocycles. The standard InChI is InChI=1S/C42H52N6O4.C41H52N6O3.C36H41FN4O3/c1-5-7-18-44(19-8-6-2)42(52)38-23-31(4)48(43-38)39-17-16-35(45-20-21-46(40(50)28-45)26-32-13-11-12-30(3)22-32)25-37(39)41(51)47-27-34-15-10-9-14-33(34)24-36(47)29-49;1-4-6-19-45(20-7-5-2)41(50)38-25-31(3)47(42-38)39-18-17-35(44-23-21-43(22-24-44)28-32-13-9-8-10-14-32)27-37(39)40(49)46-29-34-16-12-11-15-33(34)26-36(46)30-48;1-4-6-18-39(19-7-5-2)36(44)33-20-25(3)41(38-33)34-17-16-27(30-14-10-11-15-32(30)37)22-31(34)35(43)40-23-28-13-9-8-12-26(28)21-29(40)24-42/h9-17,22-23,25,36,49H,5-8,18-21,24,26-29H2,1-4H3;8-18,25,27,36,48H,4-7,19-24,26,28-30H2,1-3H3;8-17,20,22,29,42H,4-7,18-19,21,23-24H2,1-3H3/t2*36-;29-/m000/s1. The van der Waals surface area contributed by atoms with Crippen LogP contribution < -0.4 is 9.80 Å². The number of nitrogens with zero attached hydrogens (tertiary/aromatic N) is 16. The molecule has 3 N–H and O–H groups in total. The number of hydrogen-bond acceptors (Lipinski definition) is 16. The zero-order valence-corrected chi connectivity index (χ0v) is 86.8. The molecule has 26 nitrogen and oxygen atoms in total. The number of anilines is 2. The van der Waals surface area contributed by atoms with Gasteiger partial charge in [0.05, 0.1) is 78.2 Å². The van der Waals surface area contributed by atoms with Gasteiger partial charge in [0, 0.05) is 145 Å². The number of aryl methyl sites for hydroxylation is 4. The van der Waals surface area contributed by atoms with Crippen molar-refractivity contribution in [3.63, 3.8) is 0 Å². The van der Waals surface area contributed by atoms with Gasteiger partial charge in [-0.2, -0.15) is 15.3 Å². The fourth-order valence-electron chi connectivity index (χ4n) is 20.5. The Morgan fingerprint density at radius 2 is 0.712 bits per heavy atom. The van der Waals surface area contributed by atoms with Gasteiger partial charge in [0.1, 0.15) is 5.82 Å². The number of carbonyl (C=O) groups excluding carboxylic acids is 7. The number of halogens is 1. The second kappa shape index (κ2) is 50.9. The lowest BCUT2D eigenvalue weighted by atomic mass is 9.93. The molecule has 768 valence electrons. The minimum atomic E-state index is -0.413. The largest absolute Gasteiger partial charge is 0.394 e. The van der Waals surface area contributed by atoms with E-state index < -0.39 is 12.1 Å². The molecule has 0 unspecified atom stereocenters. The highest BCUT2D eigenvalue weighted by molar-refractivity contribution is 6.02. The minimum Gasteiger partial charge on any atom is -0.394 e. The van der Waals surface area contributed by atoms with Crippen LogP contribution in [-0.2, 0) is 56.8 Å². The van der Waals surface area contributed by atoms with E-state index in [0.717, 1.165) is 171 Å². The predicted molar refractivity (Wildman–Crippen MR) is 573 cm³/mol. The van der Waals surface area contributed by atoms with Gasteiger partial charge in [0.2, 0.25) is 5.91 Å². The summed E-state index contributed by atoms with van der Waals surface area (Å²) < 4.78 is 20.0. The van der Waals surface area contributed by atoms with Crippen molar-refractivity contribution in [3.05, 3.63) is 331 Å². The Balaban J connectivity index is 0.000000165. The number of piperazine rings is 2. The third-order valence-electron chi connectivity index (χ3n) is 29.0. The summed E-state index contributed by atoms with van der Waals surface area (Å²) in [6.45, 7) is 31.6. The molecule has 146 heavy (non-hydrogen) atoms. The lowest BCUT2D eigenvalue weighted by Gasteiger charge is -2.38. The lowest BCUT2D eigenvalue weighted by Crippen LogP contribution is -2.50. The van der Waals surface area contributed by atoms with Crippen molar-refractivity contribution in [2.45, 2.75) is 216 Å². The molecule has 0 aliphatic carbocycles. The summed E-state index contributed by atoms with van der Waals surface area (Å²) in [5.41, 5.74) is 19.1. The Labute approximate surface area is 860 Å². The number of unbranched alkanes of at least 4 members (excludes halogenated alkanes) is 6. The predicted octanol–water partition coefficient (Wildman–Crippen LogP) is 18.6. The Hall–Kier alpha value is -13.7. The van der Waals surface area contributed by atoms with Crippen LogP contribution in [0.25, 0.3) is 28.2 Å². The third-order valence-corrected chi connectivity index (χ3v) is 29.0. The maximum absolute atomic E-state index is 14.9. The highest BCUT2D eigenvalue weighted by atomic mass is 19.1. The fraction of sp³-hybridized carbons (Fsp3) is 0.412. The molecule has 3 atom stereocenters. The van der Waals surface area contributed by atoms with Crippen LogP contribution in [0.3, 0.4) is 0 Å². The second-order valence-corrected chi connectivity index (χ2v) is 39.6. The van der Waals surface area contributed by atoms with Crippen LogP contribution in [-0.4, -0.2) is 248 Å². The third kappa shape index (κ3) is 25.5. The van der Waals surface area contributed by atoms with E-state index in [0.29, 0.717) is 165 Å². The Morgan fingerprint density at radius 1 is 0.356 bits per heavy atom. The lowest BCUT2D eigenvalue weighted by molar-refractivity contribution is -0.131. The molecular formula is C119H145FN16O10. The quantitative estimate of drug-likeness (QED) is 0.0327. The molecular weight excluding hydrogens is 1830 g/mol. The number of aliphatic hydroxyl groups excluding tert-OH is 3. The second-order valence-electron chi connectivity index (χ2n) is 39.6. The molecule has 5 aliphatic heterocycles. The summed E-state index contributed by atoms with van der Waals surface area (Å²) in [6.07, 6.45) is 13.2. The molecule has 8 heterocycles. The summed E-state index contributed by atoms with van der Waals surface area (Å²) >= 11 is 0. The van der Waals surface area contributed by atoms with Crippen molar-refractivity contribution in [1.29, 1.82) is 0 Å². The van der Waals surface area contributed by atoms with Gasteiger partial charge in [-0.15, -0.1) is 0 Å². The van der Waals surface area contributed by atoms with Gasteiger partial charge in [0.25, 0.3) is 35.4 Å². The zero-order valence-electron chi connectivity index (χ0n) is 86.8. The van der Waals surface area contributed by atoms with E-state index in [1.54, 1.807) is 72.4 Å². The summed E-state index contributed by atoms with van der Waals surface area (Å²) in [5.74, 6) is -1.33. The first kappa shape index (κ1) is 107. The summed E-state index contributed by atoms with van der Waals surface area (Å²) in [4.78, 5) is 118. The van der Waals surface area contributed by atoms with Crippen LogP contribution in [0.2, 0.25) is 0 Å². The monoisotopic (exact) mass is 1980 g/mol. The molecule has 2 fully saturated rings. The number of aromatic nitrogens is 6. The van der Waals surface area contributed by atoms with Crippen molar-refractivity contribution >= 4 is 52.7 Å². The van der Waals surface area contributed by atoms with E-state index >= 15 is 0 Å². The van der Waals surface area contributed by atoms with Crippen LogP contribution in [0.1, 0.15) is 248 Å². The van der Waals surface area contributed by atoms with Gasteiger partial charge in [0.15, 0.2) is 17.1 Å². The van der Waals surface area contributed by atoms with Crippen LogP contribution in [0.5, 0.6) is 0 Å². The maximum atomic E-state index is 14.9. The first-order valence-corrected chi connectivity index (χ1v) is 52.8. The Kier molecular flexibility index (Phi) is 37.1. The minimum absolute atomic E-state index is 0.0273. The summed E-state index contributed by atoms with van der Waals surface area (Å²) in [5, 5.41) is 45.7.